The topological polar surface area (TPSA) is 137 Å². The number of nitrogen functional groups attached to an aromatic ring is 1. The van der Waals surface area contributed by atoms with E-state index < -0.39 is 31.1 Å². The van der Waals surface area contributed by atoms with Gasteiger partial charge in [-0.2, -0.15) is 0 Å². The highest BCUT2D eigenvalue weighted by atomic mass is 32.2. The first-order valence-corrected chi connectivity index (χ1v) is 7.62. The monoisotopic (exact) mass is 316 g/mol. The lowest BCUT2D eigenvalue weighted by molar-refractivity contribution is -0.387. The normalized spacial score (nSPS) is 22.2. The number of nitrogens with one attached hydrogen (secondary N) is 2. The number of nitrogens with two attached hydrogens (primary N) is 1. The molecule has 1 aliphatic heterocycles. The van der Waals surface area contributed by atoms with Crippen molar-refractivity contribution in [1.29, 1.82) is 0 Å². The Hall–Kier alpha value is -1.75. The first-order valence-electron chi connectivity index (χ1n) is 6.14. The second-order valence-electron chi connectivity index (χ2n) is 5.05. The molecule has 0 aromatic heterocycles. The molecule has 0 bridgehead atoms. The number of hydrogen-bond acceptors (Lipinski definition) is 7. The standard InChI is InChI=1S/C11H16N4O5S/c1-11(4-5-20-7-11)14-21(18,19)10-3-2-8(13-12)6-9(10)15(16)17/h2-3,6,13-14H,4-5,7,12H2,1H3. The predicted molar refractivity (Wildman–Crippen MR) is 75.1 cm³/mol. The molecule has 21 heavy (non-hydrogen) atoms. The summed E-state index contributed by atoms with van der Waals surface area (Å²) in [6.45, 7) is 2.36. The molecule has 1 aromatic carbocycles. The summed E-state index contributed by atoms with van der Waals surface area (Å²) in [5.74, 6) is 5.18. The van der Waals surface area contributed by atoms with Crippen LogP contribution in [0.2, 0.25) is 0 Å². The second-order valence-corrected chi connectivity index (χ2v) is 6.70. The first-order chi connectivity index (χ1) is 9.77. The summed E-state index contributed by atoms with van der Waals surface area (Å²) in [7, 11) is -4.04. The Morgan fingerprint density at radius 3 is 2.71 bits per heavy atom. The minimum absolute atomic E-state index is 0.225. The number of hydrogen-bond donors (Lipinski definition) is 3. The Morgan fingerprint density at radius 1 is 1.48 bits per heavy atom. The highest BCUT2D eigenvalue weighted by molar-refractivity contribution is 7.89. The van der Waals surface area contributed by atoms with Crippen LogP contribution in [0.3, 0.4) is 0 Å². The van der Waals surface area contributed by atoms with E-state index in [-0.39, 0.29) is 12.3 Å². The number of nitro groups is 1. The molecule has 9 nitrogen and oxygen atoms in total. The highest BCUT2D eigenvalue weighted by Gasteiger charge is 2.37. The van der Waals surface area contributed by atoms with Crippen LogP contribution in [0, 0.1) is 10.1 Å². The van der Waals surface area contributed by atoms with Gasteiger partial charge in [-0.1, -0.05) is 0 Å². The molecule has 1 aliphatic rings. The van der Waals surface area contributed by atoms with E-state index in [1.54, 1.807) is 6.92 Å². The lowest BCUT2D eigenvalue weighted by Crippen LogP contribution is -2.46. The van der Waals surface area contributed by atoms with Crippen molar-refractivity contribution in [3.63, 3.8) is 0 Å². The van der Waals surface area contributed by atoms with E-state index in [4.69, 9.17) is 10.6 Å². The van der Waals surface area contributed by atoms with Crippen molar-refractivity contribution in [3.8, 4) is 0 Å². The number of benzene rings is 1. The van der Waals surface area contributed by atoms with Gasteiger partial charge in [0.25, 0.3) is 5.69 Å². The van der Waals surface area contributed by atoms with Gasteiger partial charge in [0.1, 0.15) is 0 Å². The lowest BCUT2D eigenvalue weighted by Gasteiger charge is -2.23. The number of nitrogens with zero attached hydrogens (tertiary/aromatic N) is 1. The molecule has 1 saturated heterocycles. The van der Waals surface area contributed by atoms with Gasteiger partial charge in [-0.15, -0.1) is 0 Å². The van der Waals surface area contributed by atoms with Crippen molar-refractivity contribution in [2.45, 2.75) is 23.8 Å². The molecule has 0 saturated carbocycles. The van der Waals surface area contributed by atoms with Crippen LogP contribution in [0.5, 0.6) is 0 Å². The smallest absolute Gasteiger partial charge is 0.291 e. The minimum atomic E-state index is -4.04. The van der Waals surface area contributed by atoms with Crippen molar-refractivity contribution in [2.75, 3.05) is 18.6 Å². The van der Waals surface area contributed by atoms with Crippen LogP contribution < -0.4 is 16.0 Å². The van der Waals surface area contributed by atoms with Crippen LogP contribution in [0.25, 0.3) is 0 Å². The molecule has 2 rings (SSSR count). The van der Waals surface area contributed by atoms with Crippen molar-refractivity contribution in [2.24, 2.45) is 5.84 Å². The number of hydrazine groups is 1. The minimum Gasteiger partial charge on any atom is -0.379 e. The molecule has 1 fully saturated rings. The van der Waals surface area contributed by atoms with Crippen LogP contribution in [0.1, 0.15) is 13.3 Å². The third-order valence-corrected chi connectivity index (χ3v) is 4.90. The van der Waals surface area contributed by atoms with Gasteiger partial charge >= 0.3 is 0 Å². The summed E-state index contributed by atoms with van der Waals surface area (Å²) >= 11 is 0. The van der Waals surface area contributed by atoms with E-state index in [0.717, 1.165) is 12.1 Å². The van der Waals surface area contributed by atoms with Crippen molar-refractivity contribution in [3.05, 3.63) is 28.3 Å². The molecule has 4 N–H and O–H groups in total. The highest BCUT2D eigenvalue weighted by Crippen LogP contribution is 2.29. The van der Waals surface area contributed by atoms with Gasteiger partial charge in [0, 0.05) is 12.7 Å². The van der Waals surface area contributed by atoms with Gasteiger partial charge in [-0.3, -0.25) is 16.0 Å². The van der Waals surface area contributed by atoms with Gasteiger partial charge in [-0.25, -0.2) is 13.1 Å². The molecule has 10 heteroatoms. The predicted octanol–water partition coefficient (Wildman–Crippen LogP) is 0.338. The summed E-state index contributed by atoms with van der Waals surface area (Å²) in [6.07, 6.45) is 0.502. The van der Waals surface area contributed by atoms with Crippen molar-refractivity contribution >= 4 is 21.4 Å². The Morgan fingerprint density at radius 2 is 2.19 bits per heavy atom. The van der Waals surface area contributed by atoms with Crippen molar-refractivity contribution < 1.29 is 18.1 Å². The fourth-order valence-electron chi connectivity index (χ4n) is 2.10. The summed E-state index contributed by atoms with van der Waals surface area (Å²) in [5.41, 5.74) is 1.18. The van der Waals surface area contributed by atoms with Crippen LogP contribution in [-0.2, 0) is 14.8 Å². The molecule has 0 radical (unpaired) electrons. The third kappa shape index (κ3) is 3.29. The van der Waals surface area contributed by atoms with Gasteiger partial charge in [-0.05, 0) is 25.5 Å². The average molecular weight is 316 g/mol. The molecule has 1 atom stereocenters. The number of nitro benzene ring substituents is 1. The van der Waals surface area contributed by atoms with Crippen LogP contribution >= 0.6 is 0 Å². The number of anilines is 1. The quantitative estimate of drug-likeness (QED) is 0.404. The van der Waals surface area contributed by atoms with Gasteiger partial charge in [0.2, 0.25) is 10.0 Å². The molecule has 0 amide bonds. The van der Waals surface area contributed by atoms with Crippen LogP contribution in [0.15, 0.2) is 23.1 Å². The van der Waals surface area contributed by atoms with Gasteiger partial charge < -0.3 is 10.2 Å². The fourth-order valence-corrected chi connectivity index (χ4v) is 3.68. The Balaban J connectivity index is 2.42. The van der Waals surface area contributed by atoms with E-state index >= 15 is 0 Å². The Labute approximate surface area is 121 Å². The van der Waals surface area contributed by atoms with E-state index in [1.165, 1.54) is 6.07 Å². The molecule has 116 valence electrons. The maximum absolute atomic E-state index is 12.4. The SMILES string of the molecule is CC1(NS(=O)(=O)c2ccc(NN)cc2[N+](=O)[O-])CCOC1. The molecule has 1 heterocycles. The zero-order valence-corrected chi connectivity index (χ0v) is 12.1. The van der Waals surface area contributed by atoms with E-state index in [9.17, 15) is 18.5 Å². The third-order valence-electron chi connectivity index (χ3n) is 3.21. The average Bonchev–Trinajstić information content (AvgIpc) is 2.83. The maximum atomic E-state index is 12.4. The second kappa shape index (κ2) is 5.56. The molecule has 1 aromatic rings. The molecular weight excluding hydrogens is 300 g/mol. The number of sulfonamides is 1. The summed E-state index contributed by atoms with van der Waals surface area (Å²) < 4.78 is 32.4. The fraction of sp³-hybridized carbons (Fsp3) is 0.455. The van der Waals surface area contributed by atoms with E-state index in [1.807, 2.05) is 0 Å². The molecular formula is C11H16N4O5S. The van der Waals surface area contributed by atoms with Gasteiger partial charge in [0.15, 0.2) is 4.90 Å². The number of ether oxygens (including phenoxy) is 1. The Bertz CT molecular complexity index is 655. The Kier molecular flexibility index (Phi) is 4.14. The van der Waals surface area contributed by atoms with Crippen LogP contribution in [0.4, 0.5) is 11.4 Å². The summed E-state index contributed by atoms with van der Waals surface area (Å²) in [5, 5.41) is 11.1. The van der Waals surface area contributed by atoms with E-state index in [0.29, 0.717) is 13.0 Å². The molecule has 0 aliphatic carbocycles. The zero-order valence-electron chi connectivity index (χ0n) is 11.3. The largest absolute Gasteiger partial charge is 0.379 e. The van der Waals surface area contributed by atoms with Crippen LogP contribution in [-0.4, -0.2) is 32.1 Å². The zero-order chi connectivity index (χ0) is 15.7. The molecule has 0 spiro atoms. The van der Waals surface area contributed by atoms with Gasteiger partial charge in [0.05, 0.1) is 22.8 Å². The van der Waals surface area contributed by atoms with E-state index in [2.05, 4.69) is 10.1 Å². The van der Waals surface area contributed by atoms with Crippen molar-refractivity contribution in [1.82, 2.24) is 4.72 Å². The first kappa shape index (κ1) is 15.6. The molecule has 1 unspecified atom stereocenters. The number of rotatable bonds is 5. The lowest BCUT2D eigenvalue weighted by atomic mass is 10.0. The maximum Gasteiger partial charge on any atom is 0.291 e. The summed E-state index contributed by atoms with van der Waals surface area (Å²) in [6, 6.07) is 3.58. The summed E-state index contributed by atoms with van der Waals surface area (Å²) in [4.78, 5) is 9.91.